The molecule has 0 saturated carbocycles. The van der Waals surface area contributed by atoms with Crippen molar-refractivity contribution >= 4 is 16.1 Å². The van der Waals surface area contributed by atoms with Crippen molar-refractivity contribution in [2.24, 2.45) is 0 Å². The number of aryl methyl sites for hydroxylation is 1. The molecule has 0 radical (unpaired) electrons. The second-order valence-electron chi connectivity index (χ2n) is 5.20. The lowest BCUT2D eigenvalue weighted by Gasteiger charge is -2.18. The molecule has 8 heteroatoms. The Bertz CT molecular complexity index is 545. The maximum Gasteiger partial charge on any atom is 0.339 e. The minimum atomic E-state index is -4.27. The zero-order valence-corrected chi connectivity index (χ0v) is 13.4. The van der Waals surface area contributed by atoms with Crippen molar-refractivity contribution in [3.8, 4) is 0 Å². The smallest absolute Gasteiger partial charge is 0.339 e. The van der Waals surface area contributed by atoms with Crippen LogP contribution >= 0.6 is 0 Å². The van der Waals surface area contributed by atoms with Crippen LogP contribution in [0.3, 0.4) is 0 Å². The first-order valence-corrected chi connectivity index (χ1v) is 7.48. The van der Waals surface area contributed by atoms with Gasteiger partial charge in [0.05, 0.1) is 4.90 Å². The number of benzene rings is 1. The van der Waals surface area contributed by atoms with Crippen molar-refractivity contribution in [3.05, 3.63) is 29.8 Å². The normalized spacial score (nSPS) is 11.3. The molecule has 0 aliphatic heterocycles. The highest BCUT2D eigenvalue weighted by Crippen LogP contribution is 2.08. The molecule has 0 saturated heterocycles. The Kier molecular flexibility index (Phi) is 7.51. The SMILES string of the molecule is CC(C)(C)OC(=O)CO[NH3+].Cc1ccc(S(=O)(=O)[O-])cc1. The number of esters is 1. The molecule has 0 bridgehead atoms. The van der Waals surface area contributed by atoms with Crippen molar-refractivity contribution in [2.75, 3.05) is 6.61 Å². The summed E-state index contributed by atoms with van der Waals surface area (Å²) in [7, 11) is -4.27. The van der Waals surface area contributed by atoms with Crippen LogP contribution in [0.5, 0.6) is 0 Å². The largest absolute Gasteiger partial charge is 0.744 e. The van der Waals surface area contributed by atoms with E-state index in [9.17, 15) is 17.8 Å². The molecule has 0 aliphatic carbocycles. The van der Waals surface area contributed by atoms with Gasteiger partial charge in [0.1, 0.15) is 15.7 Å². The quantitative estimate of drug-likeness (QED) is 0.489. The van der Waals surface area contributed by atoms with Gasteiger partial charge in [-0.2, -0.15) is 4.84 Å². The molecule has 0 unspecified atom stereocenters. The van der Waals surface area contributed by atoms with E-state index in [-0.39, 0.29) is 17.5 Å². The summed E-state index contributed by atoms with van der Waals surface area (Å²) in [4.78, 5) is 14.8. The molecule has 0 aliphatic rings. The number of rotatable bonds is 3. The second-order valence-corrected chi connectivity index (χ2v) is 6.58. The van der Waals surface area contributed by atoms with E-state index in [0.29, 0.717) is 0 Å². The summed E-state index contributed by atoms with van der Waals surface area (Å²) < 4.78 is 36.0. The average molecular weight is 319 g/mol. The molecule has 1 aromatic carbocycles. The second kappa shape index (κ2) is 8.08. The Morgan fingerprint density at radius 1 is 1.24 bits per heavy atom. The van der Waals surface area contributed by atoms with Crippen molar-refractivity contribution in [2.45, 2.75) is 38.2 Å². The summed E-state index contributed by atoms with van der Waals surface area (Å²) in [6.07, 6.45) is 0. The van der Waals surface area contributed by atoms with Crippen molar-refractivity contribution in [3.63, 3.8) is 0 Å². The Balaban J connectivity index is 0.000000384. The van der Waals surface area contributed by atoms with Gasteiger partial charge in [0, 0.05) is 0 Å². The molecule has 0 spiro atoms. The minimum Gasteiger partial charge on any atom is -0.744 e. The molecule has 120 valence electrons. The zero-order chi connectivity index (χ0) is 16.7. The molecule has 0 atom stereocenters. The fourth-order valence-electron chi connectivity index (χ4n) is 1.16. The van der Waals surface area contributed by atoms with Crippen LogP contribution in [0.1, 0.15) is 26.3 Å². The van der Waals surface area contributed by atoms with E-state index in [0.717, 1.165) is 5.56 Å². The topological polar surface area (TPSA) is 120 Å². The number of carbonyl (C=O) groups excluding carboxylic acids is 1. The number of carbonyl (C=O) groups is 1. The first-order chi connectivity index (χ1) is 9.45. The molecule has 7 nitrogen and oxygen atoms in total. The van der Waals surface area contributed by atoms with Gasteiger partial charge in [-0.25, -0.2) is 19.1 Å². The van der Waals surface area contributed by atoms with Gasteiger partial charge >= 0.3 is 5.97 Å². The Morgan fingerprint density at radius 3 is 2.05 bits per heavy atom. The molecule has 3 N–H and O–H groups in total. The van der Waals surface area contributed by atoms with E-state index in [4.69, 9.17) is 4.74 Å². The number of quaternary nitrogens is 1. The average Bonchev–Trinajstić information content (AvgIpc) is 2.26. The fourth-order valence-corrected chi connectivity index (χ4v) is 1.63. The van der Waals surface area contributed by atoms with Crippen molar-refractivity contribution in [1.29, 1.82) is 0 Å². The van der Waals surface area contributed by atoms with Gasteiger partial charge in [0.15, 0.2) is 0 Å². The summed E-state index contributed by atoms with van der Waals surface area (Å²) in [5.41, 5.74) is 0.493. The summed E-state index contributed by atoms with van der Waals surface area (Å²) in [5, 5.41) is 0. The predicted octanol–water partition coefficient (Wildman–Crippen LogP) is 0.401. The van der Waals surface area contributed by atoms with Gasteiger partial charge < -0.3 is 9.29 Å². The van der Waals surface area contributed by atoms with Crippen LogP contribution in [0.2, 0.25) is 0 Å². The predicted molar refractivity (Wildman–Crippen MR) is 73.8 cm³/mol. The van der Waals surface area contributed by atoms with Gasteiger partial charge in [0.2, 0.25) is 6.61 Å². The molecular formula is C13H21NO6S. The van der Waals surface area contributed by atoms with E-state index in [1.165, 1.54) is 12.1 Å². The molecule has 0 amide bonds. The summed E-state index contributed by atoms with van der Waals surface area (Å²) in [5.74, 6) is 2.67. The van der Waals surface area contributed by atoms with Crippen LogP contribution < -0.4 is 5.90 Å². The van der Waals surface area contributed by atoms with E-state index in [2.05, 4.69) is 10.7 Å². The summed E-state index contributed by atoms with van der Waals surface area (Å²) in [6.45, 7) is 7.13. The lowest BCUT2D eigenvalue weighted by Crippen LogP contribution is -2.50. The van der Waals surface area contributed by atoms with Gasteiger partial charge in [-0.15, -0.1) is 0 Å². The molecule has 1 aromatic rings. The maximum atomic E-state index is 10.7. The van der Waals surface area contributed by atoms with Gasteiger partial charge in [-0.3, -0.25) is 0 Å². The highest BCUT2D eigenvalue weighted by atomic mass is 32.2. The van der Waals surface area contributed by atoms with E-state index in [1.54, 1.807) is 32.9 Å². The third kappa shape index (κ3) is 9.97. The number of hydrogen-bond donors (Lipinski definition) is 1. The van der Waals surface area contributed by atoms with Crippen LogP contribution in [-0.4, -0.2) is 31.1 Å². The number of ether oxygens (including phenoxy) is 1. The van der Waals surface area contributed by atoms with Gasteiger partial charge in [0.25, 0.3) is 0 Å². The number of hydrogen-bond acceptors (Lipinski definition) is 6. The minimum absolute atomic E-state index is 0.0860. The molecule has 21 heavy (non-hydrogen) atoms. The summed E-state index contributed by atoms with van der Waals surface area (Å²) >= 11 is 0. The highest BCUT2D eigenvalue weighted by Gasteiger charge is 2.16. The van der Waals surface area contributed by atoms with E-state index in [1.807, 2.05) is 6.92 Å². The maximum absolute atomic E-state index is 10.7. The lowest BCUT2D eigenvalue weighted by atomic mass is 10.2. The van der Waals surface area contributed by atoms with Crippen LogP contribution in [-0.2, 0) is 24.5 Å². The van der Waals surface area contributed by atoms with Crippen LogP contribution in [0.25, 0.3) is 0 Å². The van der Waals surface area contributed by atoms with E-state index < -0.39 is 15.7 Å². The third-order valence-electron chi connectivity index (χ3n) is 1.95. The standard InChI is InChI=1S/C7H8O3S.C6H14NO3/c1-6-2-4-7(5-3-6)11(8,9)10;1-6(2,3)10-5(8)4-9-7/h2-5H,1H3,(H,8,9,10);4H2,1-3,7H3/q;+1/p-1. The summed E-state index contributed by atoms with van der Waals surface area (Å²) in [6, 6.07) is 5.78. The molecular weight excluding hydrogens is 298 g/mol. The fraction of sp³-hybridized carbons (Fsp3) is 0.462. The first-order valence-electron chi connectivity index (χ1n) is 6.07. The van der Waals surface area contributed by atoms with Gasteiger partial charge in [-0.05, 0) is 39.8 Å². The van der Waals surface area contributed by atoms with Crippen molar-refractivity contribution in [1.82, 2.24) is 0 Å². The lowest BCUT2D eigenvalue weighted by molar-refractivity contribution is -0.685. The Hall–Kier alpha value is -1.48. The van der Waals surface area contributed by atoms with Crippen molar-refractivity contribution < 1.29 is 33.2 Å². The molecule has 1 rings (SSSR count). The van der Waals surface area contributed by atoms with Crippen LogP contribution in [0.4, 0.5) is 0 Å². The van der Waals surface area contributed by atoms with Crippen LogP contribution in [0.15, 0.2) is 29.2 Å². The molecule has 0 aromatic heterocycles. The zero-order valence-electron chi connectivity index (χ0n) is 12.6. The highest BCUT2D eigenvalue weighted by molar-refractivity contribution is 7.85. The van der Waals surface area contributed by atoms with Crippen LogP contribution in [0, 0.1) is 6.92 Å². The molecule has 0 fully saturated rings. The Morgan fingerprint density at radius 2 is 1.71 bits per heavy atom. The molecule has 0 heterocycles. The monoisotopic (exact) mass is 319 g/mol. The third-order valence-corrected chi connectivity index (χ3v) is 2.80. The van der Waals surface area contributed by atoms with Gasteiger partial charge in [-0.1, -0.05) is 17.7 Å². The van der Waals surface area contributed by atoms with E-state index >= 15 is 0 Å². The Labute approximate surface area is 124 Å². The first kappa shape index (κ1) is 19.5.